The van der Waals surface area contributed by atoms with Crippen LogP contribution in [0, 0.1) is 11.6 Å². The van der Waals surface area contributed by atoms with E-state index in [-0.39, 0.29) is 35.5 Å². The fourth-order valence-electron chi connectivity index (χ4n) is 5.78. The van der Waals surface area contributed by atoms with Gasteiger partial charge in [0.15, 0.2) is 0 Å². The summed E-state index contributed by atoms with van der Waals surface area (Å²) in [6, 6.07) is 11.6. The van der Waals surface area contributed by atoms with Crippen LogP contribution >= 0.6 is 0 Å². The van der Waals surface area contributed by atoms with Crippen LogP contribution in [-0.4, -0.2) is 60.5 Å². The zero-order valence-corrected chi connectivity index (χ0v) is 19.9. The summed E-state index contributed by atoms with van der Waals surface area (Å²) in [6.07, 6.45) is 5.24. The smallest absolute Gasteiger partial charge is 0.324 e. The minimum Gasteiger partial charge on any atom is -0.337 e. The van der Waals surface area contributed by atoms with Gasteiger partial charge < -0.3 is 15.1 Å². The molecule has 8 heteroatoms. The Kier molecular flexibility index (Phi) is 7.00. The van der Waals surface area contributed by atoms with E-state index in [1.165, 1.54) is 23.1 Å². The van der Waals surface area contributed by atoms with E-state index in [4.69, 9.17) is 0 Å². The molecule has 3 aliphatic heterocycles. The van der Waals surface area contributed by atoms with Gasteiger partial charge in [-0.1, -0.05) is 12.8 Å². The van der Waals surface area contributed by atoms with Gasteiger partial charge in [0.05, 0.1) is 0 Å². The molecule has 2 aromatic carbocycles. The van der Waals surface area contributed by atoms with E-state index in [0.29, 0.717) is 19.5 Å². The normalized spacial score (nSPS) is 22.2. The van der Waals surface area contributed by atoms with Crippen molar-refractivity contribution < 1.29 is 18.4 Å². The van der Waals surface area contributed by atoms with Crippen LogP contribution in [-0.2, 0) is 4.79 Å². The standard InChI is InChI=1S/C27H32F2N4O2/c28-19-5-8-21(9-6-19)33-24-10-7-20(29)17-22(24)23-18-31(16-12-25(23)33)14-3-1-2-4-15-32-26(34)11-13-30-27(32)35/h5-10,17,23,25H,1-4,11-16,18H2,(H,30,35). The summed E-state index contributed by atoms with van der Waals surface area (Å²) in [4.78, 5) is 29.7. The van der Waals surface area contributed by atoms with E-state index in [9.17, 15) is 18.4 Å². The first kappa shape index (κ1) is 23.7. The van der Waals surface area contributed by atoms with Crippen molar-refractivity contribution in [2.75, 3.05) is 37.6 Å². The lowest BCUT2D eigenvalue weighted by molar-refractivity contribution is -0.129. The molecule has 3 heterocycles. The number of carbonyl (C=O) groups excluding carboxylic acids is 2. The van der Waals surface area contributed by atoms with E-state index in [2.05, 4.69) is 15.1 Å². The highest BCUT2D eigenvalue weighted by atomic mass is 19.1. The van der Waals surface area contributed by atoms with Crippen LogP contribution in [0.2, 0.25) is 0 Å². The number of imide groups is 1. The number of rotatable bonds is 8. The Balaban J connectivity index is 1.15. The van der Waals surface area contributed by atoms with E-state index >= 15 is 0 Å². The number of urea groups is 1. The maximum Gasteiger partial charge on any atom is 0.324 e. The number of hydrogen-bond donors (Lipinski definition) is 1. The highest BCUT2D eigenvalue weighted by molar-refractivity contribution is 5.96. The van der Waals surface area contributed by atoms with Crippen LogP contribution < -0.4 is 10.2 Å². The molecular weight excluding hydrogens is 450 g/mol. The molecule has 3 aliphatic rings. The van der Waals surface area contributed by atoms with Crippen molar-refractivity contribution in [1.82, 2.24) is 15.1 Å². The summed E-state index contributed by atoms with van der Waals surface area (Å²) in [6.45, 7) is 3.75. The Morgan fingerprint density at radius 1 is 0.914 bits per heavy atom. The van der Waals surface area contributed by atoms with E-state index in [1.807, 2.05) is 6.07 Å². The number of amides is 3. The van der Waals surface area contributed by atoms with E-state index in [1.54, 1.807) is 18.2 Å². The number of benzene rings is 2. The van der Waals surface area contributed by atoms with Gasteiger partial charge in [0.1, 0.15) is 11.6 Å². The van der Waals surface area contributed by atoms with Crippen molar-refractivity contribution in [3.63, 3.8) is 0 Å². The SMILES string of the molecule is O=C1CCNC(=O)N1CCCCCCN1CCC2C(C1)c1cc(F)ccc1N2c1ccc(F)cc1. The maximum absolute atomic E-state index is 14.2. The topological polar surface area (TPSA) is 55.9 Å². The van der Waals surface area contributed by atoms with Gasteiger partial charge in [0, 0.05) is 55.9 Å². The molecule has 2 atom stereocenters. The average molecular weight is 483 g/mol. The lowest BCUT2D eigenvalue weighted by Gasteiger charge is -2.39. The Morgan fingerprint density at radius 3 is 2.43 bits per heavy atom. The van der Waals surface area contributed by atoms with Crippen molar-refractivity contribution in [2.24, 2.45) is 0 Å². The molecule has 2 aromatic rings. The van der Waals surface area contributed by atoms with Gasteiger partial charge in [0.25, 0.3) is 0 Å². The predicted octanol–water partition coefficient (Wildman–Crippen LogP) is 4.78. The third-order valence-corrected chi connectivity index (χ3v) is 7.51. The zero-order chi connectivity index (χ0) is 24.4. The molecule has 6 nitrogen and oxygen atoms in total. The number of unbranched alkanes of at least 4 members (excludes halogenated alkanes) is 3. The molecule has 35 heavy (non-hydrogen) atoms. The number of likely N-dealkylation sites (tertiary alicyclic amines) is 1. The van der Waals surface area contributed by atoms with Crippen LogP contribution in [0.3, 0.4) is 0 Å². The van der Waals surface area contributed by atoms with Crippen molar-refractivity contribution in [3.05, 3.63) is 59.7 Å². The Labute approximate surface area is 204 Å². The second-order valence-electron chi connectivity index (χ2n) is 9.75. The van der Waals surface area contributed by atoms with Crippen LogP contribution in [0.15, 0.2) is 42.5 Å². The first-order chi connectivity index (χ1) is 17.0. The highest BCUT2D eigenvalue weighted by Crippen LogP contribution is 2.48. The number of anilines is 2. The molecule has 0 radical (unpaired) electrons. The summed E-state index contributed by atoms with van der Waals surface area (Å²) >= 11 is 0. The third kappa shape index (κ3) is 5.03. The summed E-state index contributed by atoms with van der Waals surface area (Å²) in [5.74, 6) is -0.353. The minimum atomic E-state index is -0.271. The number of nitrogens with zero attached hydrogens (tertiary/aromatic N) is 3. The largest absolute Gasteiger partial charge is 0.337 e. The van der Waals surface area contributed by atoms with Crippen LogP contribution in [0.1, 0.15) is 50.0 Å². The third-order valence-electron chi connectivity index (χ3n) is 7.51. The fourth-order valence-corrected chi connectivity index (χ4v) is 5.78. The minimum absolute atomic E-state index is 0.0837. The van der Waals surface area contributed by atoms with Gasteiger partial charge >= 0.3 is 6.03 Å². The zero-order valence-electron chi connectivity index (χ0n) is 19.9. The monoisotopic (exact) mass is 482 g/mol. The Morgan fingerprint density at radius 2 is 1.66 bits per heavy atom. The molecule has 2 saturated heterocycles. The molecule has 2 unspecified atom stereocenters. The summed E-state index contributed by atoms with van der Waals surface area (Å²) in [5, 5.41) is 2.72. The highest BCUT2D eigenvalue weighted by Gasteiger charge is 2.42. The van der Waals surface area contributed by atoms with Crippen molar-refractivity contribution in [2.45, 2.75) is 50.5 Å². The molecule has 0 saturated carbocycles. The molecular formula is C27H32F2N4O2. The van der Waals surface area contributed by atoms with Gasteiger partial charge in [-0.05, 0) is 73.8 Å². The number of carbonyl (C=O) groups is 2. The molecule has 2 fully saturated rings. The first-order valence-corrected chi connectivity index (χ1v) is 12.7. The van der Waals surface area contributed by atoms with E-state index in [0.717, 1.165) is 68.7 Å². The number of hydrogen-bond acceptors (Lipinski definition) is 4. The van der Waals surface area contributed by atoms with Crippen LogP contribution in [0.5, 0.6) is 0 Å². The molecule has 0 bridgehead atoms. The number of nitrogens with one attached hydrogen (secondary N) is 1. The van der Waals surface area contributed by atoms with Crippen LogP contribution in [0.4, 0.5) is 25.0 Å². The number of halogens is 2. The molecule has 0 aliphatic carbocycles. The Bertz CT molecular complexity index is 1060. The van der Waals surface area contributed by atoms with Gasteiger partial charge in [-0.2, -0.15) is 0 Å². The summed E-state index contributed by atoms with van der Waals surface area (Å²) < 4.78 is 27.7. The average Bonchev–Trinajstić information content (AvgIpc) is 3.16. The summed E-state index contributed by atoms with van der Waals surface area (Å²) in [7, 11) is 0. The second kappa shape index (κ2) is 10.3. The molecule has 0 spiro atoms. The van der Waals surface area contributed by atoms with Crippen molar-refractivity contribution in [3.8, 4) is 0 Å². The van der Waals surface area contributed by atoms with Crippen molar-refractivity contribution in [1.29, 1.82) is 0 Å². The summed E-state index contributed by atoms with van der Waals surface area (Å²) in [5.41, 5.74) is 3.00. The van der Waals surface area contributed by atoms with Crippen molar-refractivity contribution >= 4 is 23.3 Å². The first-order valence-electron chi connectivity index (χ1n) is 12.7. The second-order valence-corrected chi connectivity index (χ2v) is 9.75. The number of piperidine rings is 1. The van der Waals surface area contributed by atoms with Gasteiger partial charge in [-0.15, -0.1) is 0 Å². The molecule has 186 valence electrons. The predicted molar refractivity (Wildman–Crippen MR) is 131 cm³/mol. The van der Waals surface area contributed by atoms with Gasteiger partial charge in [-0.3, -0.25) is 9.69 Å². The lowest BCUT2D eigenvalue weighted by atomic mass is 9.88. The van der Waals surface area contributed by atoms with E-state index < -0.39 is 0 Å². The molecule has 1 N–H and O–H groups in total. The molecule has 5 rings (SSSR count). The molecule has 0 aromatic heterocycles. The maximum atomic E-state index is 14.2. The van der Waals surface area contributed by atoms with Crippen LogP contribution in [0.25, 0.3) is 0 Å². The number of fused-ring (bicyclic) bond motifs is 3. The quantitative estimate of drug-likeness (QED) is 0.551. The molecule has 3 amide bonds. The van der Waals surface area contributed by atoms with Gasteiger partial charge in [-0.25, -0.2) is 13.6 Å². The van der Waals surface area contributed by atoms with Gasteiger partial charge in [0.2, 0.25) is 5.91 Å². The lowest BCUT2D eigenvalue weighted by Crippen LogP contribution is -2.50. The fraction of sp³-hybridized carbons (Fsp3) is 0.481. The Hall–Kier alpha value is -3.00.